The zero-order valence-electron chi connectivity index (χ0n) is 20.0. The summed E-state index contributed by atoms with van der Waals surface area (Å²) in [6.45, 7) is 7.02. The fourth-order valence-corrected chi connectivity index (χ4v) is 5.21. The van der Waals surface area contributed by atoms with Crippen molar-refractivity contribution < 1.29 is 22.7 Å². The summed E-state index contributed by atoms with van der Waals surface area (Å²) in [5.41, 5.74) is 3.57. The highest BCUT2D eigenvalue weighted by atomic mass is 35.5. The maximum atomic E-state index is 13.7. The Morgan fingerprint density at radius 2 is 1.66 bits per heavy atom. The Balaban J connectivity index is 2.01. The van der Waals surface area contributed by atoms with Crippen LogP contribution in [-0.2, 0) is 32.6 Å². The van der Waals surface area contributed by atoms with Crippen LogP contribution in [0.15, 0.2) is 53.4 Å². The average molecular weight is 518 g/mol. The number of ether oxygens (including phenoxy) is 1. The number of amides is 1. The lowest BCUT2D eigenvalue weighted by Gasteiger charge is -2.23. The molecule has 0 atom stereocenters. The number of aromatic nitrogens is 1. The average Bonchev–Trinajstić information content (AvgIpc) is 3.08. The Morgan fingerprint density at radius 3 is 2.23 bits per heavy atom. The first-order chi connectivity index (χ1) is 16.5. The van der Waals surface area contributed by atoms with Crippen molar-refractivity contribution in [2.45, 2.75) is 45.7 Å². The van der Waals surface area contributed by atoms with Gasteiger partial charge in [0.25, 0.3) is 0 Å². The zero-order valence-corrected chi connectivity index (χ0v) is 21.6. The predicted octanol–water partition coefficient (Wildman–Crippen LogP) is 4.81. The zero-order chi connectivity index (χ0) is 25.8. The molecule has 8 nitrogen and oxygen atoms in total. The third kappa shape index (κ3) is 6.30. The van der Waals surface area contributed by atoms with Gasteiger partial charge in [0.1, 0.15) is 5.69 Å². The van der Waals surface area contributed by atoms with Crippen LogP contribution in [0.25, 0.3) is 0 Å². The number of H-pyrrole nitrogens is 1. The van der Waals surface area contributed by atoms with Crippen molar-refractivity contribution in [3.63, 3.8) is 0 Å². The van der Waals surface area contributed by atoms with E-state index in [1.807, 2.05) is 0 Å². The number of nitrogens with zero attached hydrogens (tertiary/aromatic N) is 1. The fraction of sp³-hybridized carbons (Fsp3) is 0.280. The summed E-state index contributed by atoms with van der Waals surface area (Å²) in [6, 6.07) is 12.9. The lowest BCUT2D eigenvalue weighted by molar-refractivity contribution is -0.114. The highest BCUT2D eigenvalue weighted by molar-refractivity contribution is 7.89. The first kappa shape index (κ1) is 26.5. The molecule has 35 heavy (non-hydrogen) atoms. The van der Waals surface area contributed by atoms with Crippen molar-refractivity contribution in [1.82, 2.24) is 9.29 Å². The van der Waals surface area contributed by atoms with Crippen molar-refractivity contribution >= 4 is 39.2 Å². The van der Waals surface area contributed by atoms with Crippen LogP contribution >= 0.6 is 11.6 Å². The van der Waals surface area contributed by atoms with Gasteiger partial charge < -0.3 is 15.0 Å². The normalized spacial score (nSPS) is 11.5. The van der Waals surface area contributed by atoms with Gasteiger partial charge in [-0.15, -0.1) is 0 Å². The maximum Gasteiger partial charge on any atom is 0.355 e. The number of benzene rings is 2. The van der Waals surface area contributed by atoms with Gasteiger partial charge in [-0.3, -0.25) is 4.79 Å². The van der Waals surface area contributed by atoms with Crippen molar-refractivity contribution in [3.8, 4) is 0 Å². The van der Waals surface area contributed by atoms with Gasteiger partial charge >= 0.3 is 5.97 Å². The quantitative estimate of drug-likeness (QED) is 0.396. The molecule has 0 fully saturated rings. The summed E-state index contributed by atoms with van der Waals surface area (Å²) < 4.78 is 33.9. The second-order valence-corrected chi connectivity index (χ2v) is 10.4. The fourth-order valence-electron chi connectivity index (χ4n) is 3.69. The minimum atomic E-state index is -3.95. The molecule has 0 aliphatic carbocycles. The Hall–Kier alpha value is -3.14. The summed E-state index contributed by atoms with van der Waals surface area (Å²) in [4.78, 5) is 26.8. The Bertz CT molecular complexity index is 1320. The standard InChI is InChI=1S/C25H28ClN3O5S/c1-5-34-25(31)24-16(2)23(17(3)27-24)15-29(14-19-6-8-20(26)9-7-19)35(32,33)22-12-10-21(11-13-22)28-18(4)30/h6-13,27H,5,14-15H2,1-4H3,(H,28,30). The molecule has 3 aromatic rings. The van der Waals surface area contributed by atoms with Gasteiger partial charge in [0.2, 0.25) is 15.9 Å². The molecule has 10 heteroatoms. The number of hydrogen-bond acceptors (Lipinski definition) is 5. The number of hydrogen-bond donors (Lipinski definition) is 2. The molecule has 0 bridgehead atoms. The lowest BCUT2D eigenvalue weighted by atomic mass is 10.1. The number of rotatable bonds is 9. The molecule has 186 valence electrons. The highest BCUT2D eigenvalue weighted by Gasteiger charge is 2.28. The van der Waals surface area contributed by atoms with Crippen LogP contribution in [0, 0.1) is 13.8 Å². The van der Waals surface area contributed by atoms with E-state index in [1.54, 1.807) is 57.2 Å². The molecule has 1 amide bonds. The van der Waals surface area contributed by atoms with Crippen LogP contribution in [-0.4, -0.2) is 36.2 Å². The van der Waals surface area contributed by atoms with E-state index in [9.17, 15) is 18.0 Å². The number of aryl methyl sites for hydroxylation is 1. The lowest BCUT2D eigenvalue weighted by Crippen LogP contribution is -2.30. The number of esters is 1. The van der Waals surface area contributed by atoms with Gasteiger partial charge in [-0.1, -0.05) is 23.7 Å². The number of anilines is 1. The number of halogens is 1. The summed E-state index contributed by atoms with van der Waals surface area (Å²) in [6.07, 6.45) is 0. The Kier molecular flexibility index (Phi) is 8.37. The molecule has 0 aliphatic rings. The minimum absolute atomic E-state index is 0.0337. The second kappa shape index (κ2) is 11.1. The minimum Gasteiger partial charge on any atom is -0.461 e. The van der Waals surface area contributed by atoms with Crippen LogP contribution in [0.4, 0.5) is 5.69 Å². The molecule has 0 saturated carbocycles. The Labute approximate surface area is 210 Å². The van der Waals surface area contributed by atoms with Gasteiger partial charge in [0, 0.05) is 36.4 Å². The van der Waals surface area contributed by atoms with Crippen LogP contribution in [0.2, 0.25) is 5.02 Å². The van der Waals surface area contributed by atoms with E-state index in [4.69, 9.17) is 16.3 Å². The number of nitrogens with one attached hydrogen (secondary N) is 2. The SMILES string of the molecule is CCOC(=O)c1[nH]c(C)c(CN(Cc2ccc(Cl)cc2)S(=O)(=O)c2ccc(NC(C)=O)cc2)c1C. The van der Waals surface area contributed by atoms with Crippen LogP contribution < -0.4 is 5.32 Å². The van der Waals surface area contributed by atoms with Gasteiger partial charge in [-0.05, 0) is 73.9 Å². The third-order valence-corrected chi connectivity index (χ3v) is 7.55. The van der Waals surface area contributed by atoms with Crippen LogP contribution in [0.1, 0.15) is 46.7 Å². The first-order valence-electron chi connectivity index (χ1n) is 11.0. The van der Waals surface area contributed by atoms with E-state index in [0.29, 0.717) is 33.2 Å². The maximum absolute atomic E-state index is 13.7. The van der Waals surface area contributed by atoms with Crippen molar-refractivity contribution in [2.24, 2.45) is 0 Å². The molecule has 1 heterocycles. The van der Waals surface area contributed by atoms with E-state index in [0.717, 1.165) is 5.56 Å². The molecular formula is C25H28ClN3O5S. The monoisotopic (exact) mass is 517 g/mol. The van der Waals surface area contributed by atoms with Gasteiger partial charge in [-0.25, -0.2) is 13.2 Å². The molecule has 0 unspecified atom stereocenters. The summed E-state index contributed by atoms with van der Waals surface area (Å²) in [5.74, 6) is -0.735. The van der Waals surface area contributed by atoms with Crippen molar-refractivity contribution in [3.05, 3.63) is 81.6 Å². The molecular weight excluding hydrogens is 490 g/mol. The molecule has 0 saturated heterocycles. The molecule has 0 aliphatic heterocycles. The largest absolute Gasteiger partial charge is 0.461 e. The molecule has 2 N–H and O–H groups in total. The molecule has 2 aromatic carbocycles. The molecule has 3 rings (SSSR count). The number of aromatic amines is 1. The van der Waals surface area contributed by atoms with Crippen molar-refractivity contribution in [2.75, 3.05) is 11.9 Å². The summed E-state index contributed by atoms with van der Waals surface area (Å²) in [7, 11) is -3.95. The number of carbonyl (C=O) groups excluding carboxylic acids is 2. The number of sulfonamides is 1. The molecule has 1 aromatic heterocycles. The summed E-state index contributed by atoms with van der Waals surface area (Å²) in [5, 5.41) is 3.18. The van der Waals surface area contributed by atoms with Gasteiger partial charge in [0.15, 0.2) is 0 Å². The third-order valence-electron chi connectivity index (χ3n) is 5.49. The van der Waals surface area contributed by atoms with E-state index in [1.165, 1.54) is 23.4 Å². The van der Waals surface area contributed by atoms with Crippen molar-refractivity contribution in [1.29, 1.82) is 0 Å². The predicted molar refractivity (Wildman–Crippen MR) is 135 cm³/mol. The summed E-state index contributed by atoms with van der Waals surface area (Å²) >= 11 is 6.00. The van der Waals surface area contributed by atoms with E-state index in [-0.39, 0.29) is 30.5 Å². The van der Waals surface area contributed by atoms with E-state index >= 15 is 0 Å². The van der Waals surface area contributed by atoms with E-state index < -0.39 is 16.0 Å². The number of carbonyl (C=O) groups is 2. The highest BCUT2D eigenvalue weighted by Crippen LogP contribution is 2.27. The second-order valence-electron chi connectivity index (χ2n) is 8.05. The molecule has 0 radical (unpaired) electrons. The van der Waals surface area contributed by atoms with E-state index in [2.05, 4.69) is 10.3 Å². The molecule has 0 spiro atoms. The topological polar surface area (TPSA) is 109 Å². The Morgan fingerprint density at radius 1 is 1.03 bits per heavy atom. The van der Waals surface area contributed by atoms with Crippen LogP contribution in [0.5, 0.6) is 0 Å². The van der Waals surface area contributed by atoms with Crippen LogP contribution in [0.3, 0.4) is 0 Å². The van der Waals surface area contributed by atoms with Gasteiger partial charge in [0.05, 0.1) is 11.5 Å². The first-order valence-corrected chi connectivity index (χ1v) is 12.8. The smallest absolute Gasteiger partial charge is 0.355 e. The van der Waals surface area contributed by atoms with Gasteiger partial charge in [-0.2, -0.15) is 4.31 Å².